The lowest BCUT2D eigenvalue weighted by molar-refractivity contribution is 0.382. The van der Waals surface area contributed by atoms with Gasteiger partial charge < -0.3 is 0 Å². The Balaban J connectivity index is 2.19. The van der Waals surface area contributed by atoms with Crippen molar-refractivity contribution in [3.8, 4) is 0 Å². The number of rotatable bonds is 2. The van der Waals surface area contributed by atoms with Crippen LogP contribution >= 0.6 is 0 Å². The molecule has 0 bridgehead atoms. The van der Waals surface area contributed by atoms with Crippen LogP contribution in [0.1, 0.15) is 11.4 Å². The quantitative estimate of drug-likeness (QED) is 0.778. The summed E-state index contributed by atoms with van der Waals surface area (Å²) in [6, 6.07) is 5.96. The molecular formula is C9H7FN2O2. The normalized spacial score (nSPS) is 10.4. The molecular weight excluding hydrogens is 187 g/mol. The second kappa shape index (κ2) is 3.45. The van der Waals surface area contributed by atoms with Crippen LogP contribution in [0, 0.1) is 5.82 Å². The summed E-state index contributed by atoms with van der Waals surface area (Å²) in [5.41, 5.74) is 0.857. The van der Waals surface area contributed by atoms with Crippen molar-refractivity contribution in [2.24, 2.45) is 0 Å². The Morgan fingerprint density at radius 3 is 2.64 bits per heavy atom. The van der Waals surface area contributed by atoms with E-state index in [-0.39, 0.29) is 5.82 Å². The van der Waals surface area contributed by atoms with E-state index >= 15 is 0 Å². The lowest BCUT2D eigenvalue weighted by Gasteiger charge is -1.95. The van der Waals surface area contributed by atoms with Crippen LogP contribution in [0.3, 0.4) is 0 Å². The van der Waals surface area contributed by atoms with E-state index in [2.05, 4.69) is 14.7 Å². The van der Waals surface area contributed by atoms with Crippen LogP contribution in [0.5, 0.6) is 0 Å². The summed E-state index contributed by atoms with van der Waals surface area (Å²) in [5, 5.41) is 3.50. The SMILES string of the molecule is O=c1[nH]c(Cc2ccc(F)cc2)no1. The number of nitrogens with one attached hydrogen (secondary N) is 1. The second-order valence-corrected chi connectivity index (χ2v) is 2.84. The fourth-order valence-electron chi connectivity index (χ4n) is 1.13. The van der Waals surface area contributed by atoms with Crippen molar-refractivity contribution in [2.45, 2.75) is 6.42 Å². The summed E-state index contributed by atoms with van der Waals surface area (Å²) in [7, 11) is 0. The van der Waals surface area contributed by atoms with E-state index in [0.29, 0.717) is 12.2 Å². The van der Waals surface area contributed by atoms with Crippen LogP contribution in [-0.4, -0.2) is 10.1 Å². The van der Waals surface area contributed by atoms with Crippen molar-refractivity contribution >= 4 is 0 Å². The van der Waals surface area contributed by atoms with Gasteiger partial charge in [0, 0.05) is 6.42 Å². The van der Waals surface area contributed by atoms with Gasteiger partial charge in [0.15, 0.2) is 5.82 Å². The summed E-state index contributed by atoms with van der Waals surface area (Å²) in [4.78, 5) is 13.0. The molecule has 0 fully saturated rings. The molecule has 2 rings (SSSR count). The maximum atomic E-state index is 12.5. The Bertz CT molecular complexity index is 472. The van der Waals surface area contributed by atoms with E-state index in [9.17, 15) is 9.18 Å². The molecule has 0 spiro atoms. The molecule has 0 radical (unpaired) electrons. The lowest BCUT2D eigenvalue weighted by Crippen LogP contribution is -1.97. The van der Waals surface area contributed by atoms with Crippen LogP contribution in [0.15, 0.2) is 33.6 Å². The topological polar surface area (TPSA) is 58.9 Å². The first-order chi connectivity index (χ1) is 6.74. The molecule has 1 aromatic carbocycles. The number of benzene rings is 1. The lowest BCUT2D eigenvalue weighted by atomic mass is 10.1. The first-order valence-electron chi connectivity index (χ1n) is 4.03. The highest BCUT2D eigenvalue weighted by atomic mass is 19.1. The van der Waals surface area contributed by atoms with Gasteiger partial charge in [-0.1, -0.05) is 17.3 Å². The van der Waals surface area contributed by atoms with Crippen LogP contribution in [0.2, 0.25) is 0 Å². The molecule has 1 aromatic heterocycles. The minimum Gasteiger partial charge on any atom is -0.296 e. The third-order valence-electron chi connectivity index (χ3n) is 1.77. The number of aromatic nitrogens is 2. The molecule has 0 unspecified atom stereocenters. The van der Waals surface area contributed by atoms with Crippen molar-refractivity contribution in [1.82, 2.24) is 10.1 Å². The molecule has 0 aliphatic heterocycles. The zero-order chi connectivity index (χ0) is 9.97. The van der Waals surface area contributed by atoms with Crippen LogP contribution < -0.4 is 5.76 Å². The third kappa shape index (κ3) is 1.87. The van der Waals surface area contributed by atoms with Gasteiger partial charge in [-0.3, -0.25) is 9.51 Å². The summed E-state index contributed by atoms with van der Waals surface area (Å²) >= 11 is 0. The van der Waals surface area contributed by atoms with E-state index in [4.69, 9.17) is 0 Å². The predicted octanol–water partition coefficient (Wildman–Crippen LogP) is 1.09. The second-order valence-electron chi connectivity index (χ2n) is 2.84. The van der Waals surface area contributed by atoms with Crippen molar-refractivity contribution in [3.63, 3.8) is 0 Å². The first kappa shape index (κ1) is 8.68. The van der Waals surface area contributed by atoms with E-state index in [1.807, 2.05) is 0 Å². The number of hydrogen-bond donors (Lipinski definition) is 1. The number of hydrogen-bond acceptors (Lipinski definition) is 3. The minimum atomic E-state index is -0.581. The molecule has 0 amide bonds. The predicted molar refractivity (Wildman–Crippen MR) is 46.3 cm³/mol. The molecule has 0 aliphatic rings. The fraction of sp³-hybridized carbons (Fsp3) is 0.111. The van der Waals surface area contributed by atoms with Gasteiger partial charge in [0.2, 0.25) is 0 Å². The van der Waals surface area contributed by atoms with E-state index in [1.165, 1.54) is 12.1 Å². The fourth-order valence-corrected chi connectivity index (χ4v) is 1.13. The molecule has 1 heterocycles. The van der Waals surface area contributed by atoms with Gasteiger partial charge in [0.25, 0.3) is 0 Å². The average molecular weight is 194 g/mol. The molecule has 72 valence electrons. The summed E-state index contributed by atoms with van der Waals surface area (Å²) in [6.07, 6.45) is 0.423. The Hall–Kier alpha value is -1.91. The molecule has 0 saturated heterocycles. The third-order valence-corrected chi connectivity index (χ3v) is 1.77. The average Bonchev–Trinajstić information content (AvgIpc) is 2.56. The number of aromatic amines is 1. The smallest absolute Gasteiger partial charge is 0.296 e. The van der Waals surface area contributed by atoms with E-state index < -0.39 is 5.76 Å². The molecule has 0 aliphatic carbocycles. The van der Waals surface area contributed by atoms with Gasteiger partial charge in [-0.25, -0.2) is 9.18 Å². The Labute approximate surface area is 78.4 Å². The van der Waals surface area contributed by atoms with Crippen molar-refractivity contribution in [3.05, 3.63) is 52.0 Å². The molecule has 0 saturated carbocycles. The monoisotopic (exact) mass is 194 g/mol. The Kier molecular flexibility index (Phi) is 2.14. The van der Waals surface area contributed by atoms with Gasteiger partial charge in [-0.05, 0) is 17.7 Å². The molecule has 5 heteroatoms. The standard InChI is InChI=1S/C9H7FN2O2/c10-7-3-1-6(2-4-7)5-8-11-9(13)14-12-8/h1-4H,5H2,(H,11,12,13). The van der Waals surface area contributed by atoms with Crippen LogP contribution in [0.25, 0.3) is 0 Å². The Morgan fingerprint density at radius 1 is 1.36 bits per heavy atom. The van der Waals surface area contributed by atoms with Gasteiger partial charge in [0.1, 0.15) is 5.82 Å². The molecule has 0 atom stereocenters. The van der Waals surface area contributed by atoms with Gasteiger partial charge in [-0.2, -0.15) is 0 Å². The summed E-state index contributed by atoms with van der Waals surface area (Å²) in [5.74, 6) is -0.439. The molecule has 4 nitrogen and oxygen atoms in total. The van der Waals surface area contributed by atoms with E-state index in [0.717, 1.165) is 5.56 Å². The zero-order valence-corrected chi connectivity index (χ0v) is 7.16. The summed E-state index contributed by atoms with van der Waals surface area (Å²) in [6.45, 7) is 0. The van der Waals surface area contributed by atoms with Gasteiger partial charge >= 0.3 is 5.76 Å². The van der Waals surface area contributed by atoms with Gasteiger partial charge in [-0.15, -0.1) is 0 Å². The maximum Gasteiger partial charge on any atom is 0.438 e. The summed E-state index contributed by atoms with van der Waals surface area (Å²) < 4.78 is 16.9. The van der Waals surface area contributed by atoms with Crippen molar-refractivity contribution in [2.75, 3.05) is 0 Å². The first-order valence-corrected chi connectivity index (χ1v) is 4.03. The van der Waals surface area contributed by atoms with Gasteiger partial charge in [0.05, 0.1) is 0 Å². The number of halogens is 1. The maximum absolute atomic E-state index is 12.5. The van der Waals surface area contributed by atoms with Crippen LogP contribution in [-0.2, 0) is 6.42 Å². The zero-order valence-electron chi connectivity index (χ0n) is 7.16. The highest BCUT2D eigenvalue weighted by Crippen LogP contribution is 2.05. The molecule has 14 heavy (non-hydrogen) atoms. The van der Waals surface area contributed by atoms with Crippen LogP contribution in [0.4, 0.5) is 4.39 Å². The van der Waals surface area contributed by atoms with Crippen molar-refractivity contribution < 1.29 is 8.91 Å². The number of H-pyrrole nitrogens is 1. The van der Waals surface area contributed by atoms with E-state index in [1.54, 1.807) is 12.1 Å². The highest BCUT2D eigenvalue weighted by molar-refractivity contribution is 5.19. The van der Waals surface area contributed by atoms with Crippen molar-refractivity contribution in [1.29, 1.82) is 0 Å². The minimum absolute atomic E-state index is 0.289. The largest absolute Gasteiger partial charge is 0.438 e. The highest BCUT2D eigenvalue weighted by Gasteiger charge is 2.01. The molecule has 1 N–H and O–H groups in total. The molecule has 2 aromatic rings. The number of nitrogens with zero attached hydrogens (tertiary/aromatic N) is 1. The Morgan fingerprint density at radius 2 is 2.07 bits per heavy atom.